The maximum Gasteiger partial charge on any atom is 0.234 e. The third-order valence-electron chi connectivity index (χ3n) is 3.99. The lowest BCUT2D eigenvalue weighted by molar-refractivity contribution is -0.130. The minimum atomic E-state index is 0.0253. The van der Waals surface area contributed by atoms with Crippen molar-refractivity contribution >= 4 is 5.91 Å². The van der Waals surface area contributed by atoms with Crippen LogP contribution in [0.2, 0.25) is 0 Å². The topological polar surface area (TPSA) is 77.4 Å². The molecule has 0 aromatic heterocycles. The molecule has 116 valence electrons. The third kappa shape index (κ3) is 3.83. The van der Waals surface area contributed by atoms with Crippen molar-refractivity contribution in [3.05, 3.63) is 35.4 Å². The number of hydrogen-bond acceptors (Lipinski definition) is 5. The SMILES string of the molecule is N#Cc1ccc(CNC(=O)CN2CC3CNCC(C2)O3)cc1. The molecule has 2 heterocycles. The Morgan fingerprint density at radius 1 is 1.32 bits per heavy atom. The molecule has 22 heavy (non-hydrogen) atoms. The van der Waals surface area contributed by atoms with Gasteiger partial charge >= 0.3 is 0 Å². The average molecular weight is 300 g/mol. The number of benzene rings is 1. The van der Waals surface area contributed by atoms with Gasteiger partial charge in [-0.25, -0.2) is 0 Å². The van der Waals surface area contributed by atoms with E-state index in [-0.39, 0.29) is 18.1 Å². The minimum Gasteiger partial charge on any atom is -0.370 e. The summed E-state index contributed by atoms with van der Waals surface area (Å²) in [5.74, 6) is 0.0253. The molecule has 2 saturated heterocycles. The zero-order chi connectivity index (χ0) is 15.4. The molecule has 1 aromatic rings. The predicted octanol–water partition coefficient (Wildman–Crippen LogP) is -0.153. The van der Waals surface area contributed by atoms with Crippen LogP contribution in [0.5, 0.6) is 0 Å². The van der Waals surface area contributed by atoms with Gasteiger partial charge in [-0.05, 0) is 17.7 Å². The number of morpholine rings is 2. The van der Waals surface area contributed by atoms with Crippen molar-refractivity contribution in [1.29, 1.82) is 5.26 Å². The largest absolute Gasteiger partial charge is 0.370 e. The van der Waals surface area contributed by atoms with Crippen LogP contribution in [-0.2, 0) is 16.1 Å². The molecule has 3 rings (SSSR count). The molecule has 2 bridgehead atoms. The van der Waals surface area contributed by atoms with E-state index >= 15 is 0 Å². The number of rotatable bonds is 4. The molecule has 2 aliphatic rings. The Kier molecular flexibility index (Phi) is 4.68. The number of amides is 1. The quantitative estimate of drug-likeness (QED) is 0.808. The summed E-state index contributed by atoms with van der Waals surface area (Å²) < 4.78 is 5.82. The Balaban J connectivity index is 1.45. The van der Waals surface area contributed by atoms with Gasteiger partial charge < -0.3 is 15.4 Å². The van der Waals surface area contributed by atoms with Gasteiger partial charge in [-0.15, -0.1) is 0 Å². The lowest BCUT2D eigenvalue weighted by Crippen LogP contribution is -2.59. The smallest absolute Gasteiger partial charge is 0.234 e. The van der Waals surface area contributed by atoms with Crippen molar-refractivity contribution < 1.29 is 9.53 Å². The second-order valence-electron chi connectivity index (χ2n) is 5.82. The first kappa shape index (κ1) is 15.0. The van der Waals surface area contributed by atoms with Crippen molar-refractivity contribution in [3.8, 4) is 6.07 Å². The summed E-state index contributed by atoms with van der Waals surface area (Å²) in [6, 6.07) is 9.33. The fraction of sp³-hybridized carbons (Fsp3) is 0.500. The summed E-state index contributed by atoms with van der Waals surface area (Å²) in [5.41, 5.74) is 1.62. The first-order valence-corrected chi connectivity index (χ1v) is 7.57. The molecular weight excluding hydrogens is 280 g/mol. The van der Waals surface area contributed by atoms with E-state index in [0.29, 0.717) is 18.7 Å². The van der Waals surface area contributed by atoms with E-state index in [4.69, 9.17) is 10.00 Å². The second kappa shape index (κ2) is 6.88. The van der Waals surface area contributed by atoms with Gasteiger partial charge in [0.05, 0.1) is 30.4 Å². The van der Waals surface area contributed by atoms with E-state index < -0.39 is 0 Å². The monoisotopic (exact) mass is 300 g/mol. The Labute approximate surface area is 130 Å². The summed E-state index contributed by atoms with van der Waals surface area (Å²) in [4.78, 5) is 14.2. The Morgan fingerprint density at radius 3 is 2.64 bits per heavy atom. The van der Waals surface area contributed by atoms with Crippen LogP contribution in [0.25, 0.3) is 0 Å². The summed E-state index contributed by atoms with van der Waals surface area (Å²) in [6.07, 6.45) is 0.387. The molecule has 1 amide bonds. The number of fused-ring (bicyclic) bond motifs is 2. The fourth-order valence-corrected chi connectivity index (χ4v) is 2.93. The van der Waals surface area contributed by atoms with Gasteiger partial charge in [-0.2, -0.15) is 5.26 Å². The highest BCUT2D eigenvalue weighted by Gasteiger charge is 2.31. The lowest BCUT2D eigenvalue weighted by Gasteiger charge is -2.41. The fourth-order valence-electron chi connectivity index (χ4n) is 2.93. The van der Waals surface area contributed by atoms with Gasteiger partial charge in [0.2, 0.25) is 5.91 Å². The van der Waals surface area contributed by atoms with Crippen LogP contribution >= 0.6 is 0 Å². The van der Waals surface area contributed by atoms with Crippen LogP contribution in [0.15, 0.2) is 24.3 Å². The normalized spacial score (nSPS) is 24.5. The number of nitrogens with one attached hydrogen (secondary N) is 2. The number of hydrogen-bond donors (Lipinski definition) is 2. The number of nitriles is 1. The van der Waals surface area contributed by atoms with Crippen LogP contribution in [0.3, 0.4) is 0 Å². The Morgan fingerprint density at radius 2 is 2.00 bits per heavy atom. The van der Waals surface area contributed by atoms with E-state index in [1.54, 1.807) is 12.1 Å². The highest BCUT2D eigenvalue weighted by molar-refractivity contribution is 5.78. The molecule has 2 atom stereocenters. The van der Waals surface area contributed by atoms with E-state index in [9.17, 15) is 4.79 Å². The maximum atomic E-state index is 12.1. The maximum absolute atomic E-state index is 12.1. The summed E-state index contributed by atoms with van der Waals surface area (Å²) in [6.45, 7) is 4.22. The Hall–Kier alpha value is -1.94. The van der Waals surface area contributed by atoms with Crippen molar-refractivity contribution in [3.63, 3.8) is 0 Å². The number of nitrogens with zero attached hydrogens (tertiary/aromatic N) is 2. The number of ether oxygens (including phenoxy) is 1. The molecule has 2 fully saturated rings. The molecule has 6 nitrogen and oxygen atoms in total. The number of carbonyl (C=O) groups is 1. The molecular formula is C16H20N4O2. The zero-order valence-corrected chi connectivity index (χ0v) is 12.4. The standard InChI is InChI=1S/C16H20N4O2/c17-5-12-1-3-13(4-2-12)6-19-16(21)11-20-9-14-7-18-8-15(10-20)22-14/h1-4,14-15,18H,6-11H2,(H,19,21). The first-order valence-electron chi connectivity index (χ1n) is 7.57. The first-order chi connectivity index (χ1) is 10.7. The Bertz CT molecular complexity index is 555. The summed E-state index contributed by atoms with van der Waals surface area (Å²) in [5, 5.41) is 15.0. The van der Waals surface area contributed by atoms with Crippen LogP contribution in [-0.4, -0.2) is 55.7 Å². The van der Waals surface area contributed by atoms with Gasteiger partial charge in [-0.3, -0.25) is 9.69 Å². The molecule has 2 N–H and O–H groups in total. The molecule has 1 aromatic carbocycles. The predicted molar refractivity (Wildman–Crippen MR) is 81.0 cm³/mol. The highest BCUT2D eigenvalue weighted by Crippen LogP contribution is 2.13. The van der Waals surface area contributed by atoms with Crippen LogP contribution in [0.4, 0.5) is 0 Å². The van der Waals surface area contributed by atoms with Gasteiger partial charge in [0.1, 0.15) is 0 Å². The zero-order valence-electron chi connectivity index (χ0n) is 12.4. The van der Waals surface area contributed by atoms with E-state index in [1.165, 1.54) is 0 Å². The molecule has 0 radical (unpaired) electrons. The van der Waals surface area contributed by atoms with Crippen molar-refractivity contribution in [2.24, 2.45) is 0 Å². The molecule has 6 heteroatoms. The molecule has 2 unspecified atom stereocenters. The molecule has 0 spiro atoms. The van der Waals surface area contributed by atoms with Gasteiger partial charge in [0.25, 0.3) is 0 Å². The van der Waals surface area contributed by atoms with E-state index in [0.717, 1.165) is 31.7 Å². The van der Waals surface area contributed by atoms with Crippen LogP contribution < -0.4 is 10.6 Å². The van der Waals surface area contributed by atoms with Crippen LogP contribution in [0, 0.1) is 11.3 Å². The van der Waals surface area contributed by atoms with Crippen LogP contribution in [0.1, 0.15) is 11.1 Å². The average Bonchev–Trinajstić information content (AvgIpc) is 2.53. The van der Waals surface area contributed by atoms with Gasteiger partial charge in [0.15, 0.2) is 0 Å². The van der Waals surface area contributed by atoms with Crippen molar-refractivity contribution in [2.75, 3.05) is 32.7 Å². The third-order valence-corrected chi connectivity index (χ3v) is 3.99. The van der Waals surface area contributed by atoms with Gasteiger partial charge in [0, 0.05) is 32.7 Å². The molecule has 2 aliphatic heterocycles. The molecule has 0 saturated carbocycles. The molecule has 0 aliphatic carbocycles. The lowest BCUT2D eigenvalue weighted by atomic mass is 10.1. The van der Waals surface area contributed by atoms with E-state index in [2.05, 4.69) is 21.6 Å². The summed E-state index contributed by atoms with van der Waals surface area (Å²) >= 11 is 0. The summed E-state index contributed by atoms with van der Waals surface area (Å²) in [7, 11) is 0. The van der Waals surface area contributed by atoms with Crippen molar-refractivity contribution in [2.45, 2.75) is 18.8 Å². The highest BCUT2D eigenvalue weighted by atomic mass is 16.5. The van der Waals surface area contributed by atoms with Gasteiger partial charge in [-0.1, -0.05) is 12.1 Å². The second-order valence-corrected chi connectivity index (χ2v) is 5.82. The number of carbonyl (C=O) groups excluding carboxylic acids is 1. The minimum absolute atomic E-state index is 0.0253. The van der Waals surface area contributed by atoms with Crippen molar-refractivity contribution in [1.82, 2.24) is 15.5 Å². The van der Waals surface area contributed by atoms with E-state index in [1.807, 2.05) is 12.1 Å².